The summed E-state index contributed by atoms with van der Waals surface area (Å²) in [7, 11) is 1.57. The van der Waals surface area contributed by atoms with Crippen LogP contribution in [0.3, 0.4) is 0 Å². The summed E-state index contributed by atoms with van der Waals surface area (Å²) in [5.41, 5.74) is 2.75. The molecule has 0 saturated carbocycles. The summed E-state index contributed by atoms with van der Waals surface area (Å²) in [6, 6.07) is 11.7. The molecule has 1 N–H and O–H groups in total. The summed E-state index contributed by atoms with van der Waals surface area (Å²) < 4.78 is 12.7. The van der Waals surface area contributed by atoms with E-state index < -0.39 is 12.0 Å². The maximum Gasteiger partial charge on any atom is 0.338 e. The van der Waals surface area contributed by atoms with Gasteiger partial charge in [0.1, 0.15) is 11.5 Å². The van der Waals surface area contributed by atoms with Gasteiger partial charge in [-0.15, -0.1) is 6.58 Å². The number of aromatic nitrogens is 1. The zero-order valence-corrected chi connectivity index (χ0v) is 20.6. The Morgan fingerprint density at radius 1 is 1.29 bits per heavy atom. The SMILES string of the molecule is C=CCc1cc(/C=c2/sc3n(c2=O)[C@@H](c2cccc(OC)c2)C(C(=O)OCC)=C(C)N=3)ccc1O. The molecule has 0 radical (unpaired) electrons. The molecular weight excluding hydrogens is 464 g/mol. The van der Waals surface area contributed by atoms with Gasteiger partial charge in [-0.3, -0.25) is 9.36 Å². The van der Waals surface area contributed by atoms with Crippen LogP contribution >= 0.6 is 11.3 Å². The molecule has 0 aliphatic carbocycles. The summed E-state index contributed by atoms with van der Waals surface area (Å²) in [6.45, 7) is 7.42. The van der Waals surface area contributed by atoms with E-state index in [0.29, 0.717) is 38.3 Å². The fraction of sp³-hybridized carbons (Fsp3) is 0.222. The number of hydrogen-bond acceptors (Lipinski definition) is 7. The first kappa shape index (κ1) is 24.2. The van der Waals surface area contributed by atoms with Gasteiger partial charge in [0, 0.05) is 0 Å². The van der Waals surface area contributed by atoms with Crippen molar-refractivity contribution in [3.05, 3.63) is 103 Å². The molecule has 0 spiro atoms. The molecule has 1 aromatic heterocycles. The van der Waals surface area contributed by atoms with Crippen molar-refractivity contribution in [2.24, 2.45) is 4.99 Å². The van der Waals surface area contributed by atoms with E-state index >= 15 is 0 Å². The molecule has 0 fully saturated rings. The third kappa shape index (κ3) is 4.70. The van der Waals surface area contributed by atoms with E-state index in [1.54, 1.807) is 57.4 Å². The molecule has 2 heterocycles. The lowest BCUT2D eigenvalue weighted by atomic mass is 9.95. The molecule has 8 heteroatoms. The van der Waals surface area contributed by atoms with Crippen LogP contribution in [0.5, 0.6) is 11.5 Å². The minimum absolute atomic E-state index is 0.177. The number of hydrogen-bond donors (Lipinski definition) is 1. The minimum atomic E-state index is -0.710. The second-order valence-electron chi connectivity index (χ2n) is 7.96. The van der Waals surface area contributed by atoms with Crippen LogP contribution in [0, 0.1) is 0 Å². The number of rotatable bonds is 7. The summed E-state index contributed by atoms with van der Waals surface area (Å²) in [5.74, 6) is 0.279. The average molecular weight is 491 g/mol. The molecule has 0 bridgehead atoms. The highest BCUT2D eigenvalue weighted by Gasteiger charge is 2.33. The van der Waals surface area contributed by atoms with Crippen LogP contribution in [0.15, 0.2) is 76.2 Å². The third-order valence-corrected chi connectivity index (χ3v) is 6.68. The zero-order chi connectivity index (χ0) is 25.1. The van der Waals surface area contributed by atoms with Gasteiger partial charge in [-0.25, -0.2) is 9.79 Å². The number of esters is 1. The first-order valence-electron chi connectivity index (χ1n) is 11.1. The maximum absolute atomic E-state index is 13.7. The number of thiazole rings is 1. The molecule has 35 heavy (non-hydrogen) atoms. The average Bonchev–Trinajstić information content (AvgIpc) is 3.14. The van der Waals surface area contributed by atoms with Crippen LogP contribution in [0.1, 0.15) is 36.6 Å². The van der Waals surface area contributed by atoms with Gasteiger partial charge in [0.15, 0.2) is 4.80 Å². The highest BCUT2D eigenvalue weighted by atomic mass is 32.1. The molecule has 1 aliphatic rings. The normalized spacial score (nSPS) is 15.4. The molecule has 1 aliphatic heterocycles. The molecule has 0 saturated heterocycles. The first-order valence-corrected chi connectivity index (χ1v) is 12.0. The second-order valence-corrected chi connectivity index (χ2v) is 8.97. The second kappa shape index (κ2) is 10.1. The lowest BCUT2D eigenvalue weighted by Crippen LogP contribution is -2.39. The van der Waals surface area contributed by atoms with E-state index in [9.17, 15) is 14.7 Å². The van der Waals surface area contributed by atoms with Gasteiger partial charge in [0.25, 0.3) is 5.56 Å². The van der Waals surface area contributed by atoms with Gasteiger partial charge in [0.2, 0.25) is 0 Å². The fourth-order valence-corrected chi connectivity index (χ4v) is 5.13. The highest BCUT2D eigenvalue weighted by Crippen LogP contribution is 2.32. The van der Waals surface area contributed by atoms with Crippen molar-refractivity contribution in [2.75, 3.05) is 13.7 Å². The Hall–Kier alpha value is -3.91. The number of phenolic OH excluding ortho intramolecular Hbond substituents is 1. The topological polar surface area (TPSA) is 90.1 Å². The Labute approximate surface area is 206 Å². The number of allylic oxidation sites excluding steroid dienone is 2. The lowest BCUT2D eigenvalue weighted by Gasteiger charge is -2.25. The number of phenols is 1. The van der Waals surface area contributed by atoms with Crippen molar-refractivity contribution in [3.63, 3.8) is 0 Å². The third-order valence-electron chi connectivity index (χ3n) is 5.69. The molecule has 2 aromatic carbocycles. The van der Waals surface area contributed by atoms with Gasteiger partial charge >= 0.3 is 5.97 Å². The first-order chi connectivity index (χ1) is 16.9. The summed E-state index contributed by atoms with van der Waals surface area (Å²) >= 11 is 1.25. The monoisotopic (exact) mass is 490 g/mol. The standard InChI is InChI=1S/C27H26N2O5S/c1-5-8-18-13-17(11-12-21(18)30)14-22-25(31)29-24(19-9-7-10-20(15-19)33-4)23(26(32)34-6-2)16(3)28-27(29)35-22/h5,7,9-15,24,30H,1,6,8H2,2-4H3/b22-14+/t24-/m0/s1. The zero-order valence-electron chi connectivity index (χ0n) is 19.8. The van der Waals surface area contributed by atoms with Crippen molar-refractivity contribution in [3.8, 4) is 11.5 Å². The number of ether oxygens (including phenoxy) is 2. The number of carbonyl (C=O) groups is 1. The van der Waals surface area contributed by atoms with Crippen molar-refractivity contribution >= 4 is 23.4 Å². The van der Waals surface area contributed by atoms with Gasteiger partial charge in [0.05, 0.1) is 35.6 Å². The van der Waals surface area contributed by atoms with Gasteiger partial charge in [-0.2, -0.15) is 0 Å². The number of aromatic hydroxyl groups is 1. The predicted octanol–water partition coefficient (Wildman–Crippen LogP) is 3.24. The Balaban J connectivity index is 1.94. The number of carbonyl (C=O) groups excluding carboxylic acids is 1. The summed E-state index contributed by atoms with van der Waals surface area (Å²) in [5, 5.41) is 10.1. The van der Waals surface area contributed by atoms with E-state index in [-0.39, 0.29) is 17.9 Å². The van der Waals surface area contributed by atoms with Crippen molar-refractivity contribution in [2.45, 2.75) is 26.3 Å². The van der Waals surface area contributed by atoms with Crippen LogP contribution in [-0.2, 0) is 16.0 Å². The molecule has 180 valence electrons. The van der Waals surface area contributed by atoms with Gasteiger partial charge in [-0.1, -0.05) is 35.6 Å². The molecular formula is C27H26N2O5S. The van der Waals surface area contributed by atoms with Gasteiger partial charge in [-0.05, 0) is 67.3 Å². The van der Waals surface area contributed by atoms with E-state index in [2.05, 4.69) is 11.6 Å². The molecule has 1 atom stereocenters. The van der Waals surface area contributed by atoms with Crippen molar-refractivity contribution in [1.82, 2.24) is 4.57 Å². The van der Waals surface area contributed by atoms with Crippen LogP contribution in [-0.4, -0.2) is 29.4 Å². The van der Waals surface area contributed by atoms with Crippen LogP contribution in [0.25, 0.3) is 6.08 Å². The summed E-state index contributed by atoms with van der Waals surface area (Å²) in [6.07, 6.45) is 3.98. The number of benzene rings is 2. The number of nitrogens with zero attached hydrogens (tertiary/aromatic N) is 2. The Morgan fingerprint density at radius 3 is 2.80 bits per heavy atom. The Kier molecular flexibility index (Phi) is 7.02. The Morgan fingerprint density at radius 2 is 2.09 bits per heavy atom. The minimum Gasteiger partial charge on any atom is -0.508 e. The summed E-state index contributed by atoms with van der Waals surface area (Å²) in [4.78, 5) is 31.7. The molecule has 0 unspecified atom stereocenters. The predicted molar refractivity (Wildman–Crippen MR) is 135 cm³/mol. The smallest absolute Gasteiger partial charge is 0.338 e. The van der Waals surface area contributed by atoms with Crippen LogP contribution in [0.2, 0.25) is 0 Å². The van der Waals surface area contributed by atoms with E-state index in [4.69, 9.17) is 9.47 Å². The maximum atomic E-state index is 13.7. The highest BCUT2D eigenvalue weighted by molar-refractivity contribution is 7.07. The van der Waals surface area contributed by atoms with E-state index in [1.165, 1.54) is 15.9 Å². The van der Waals surface area contributed by atoms with Crippen molar-refractivity contribution in [1.29, 1.82) is 0 Å². The van der Waals surface area contributed by atoms with E-state index in [1.807, 2.05) is 18.2 Å². The quantitative estimate of drug-likeness (QED) is 0.406. The molecule has 4 rings (SSSR count). The fourth-order valence-electron chi connectivity index (χ4n) is 4.08. The molecule has 3 aromatic rings. The molecule has 7 nitrogen and oxygen atoms in total. The largest absolute Gasteiger partial charge is 0.508 e. The van der Waals surface area contributed by atoms with Crippen LogP contribution < -0.4 is 19.6 Å². The number of fused-ring (bicyclic) bond motifs is 1. The number of methoxy groups -OCH3 is 1. The van der Waals surface area contributed by atoms with E-state index in [0.717, 1.165) is 11.1 Å². The Bertz CT molecular complexity index is 1510. The van der Waals surface area contributed by atoms with Gasteiger partial charge < -0.3 is 14.6 Å². The lowest BCUT2D eigenvalue weighted by molar-refractivity contribution is -0.139. The van der Waals surface area contributed by atoms with Crippen molar-refractivity contribution < 1.29 is 19.4 Å². The van der Waals surface area contributed by atoms with Crippen LogP contribution in [0.4, 0.5) is 0 Å². The molecule has 0 amide bonds.